The maximum Gasteiger partial charge on any atom is 0.327 e. The van der Waals surface area contributed by atoms with E-state index < -0.39 is 5.97 Å². The largest absolute Gasteiger partial charge is 0.478 e. The summed E-state index contributed by atoms with van der Waals surface area (Å²) < 4.78 is 10.2. The molecule has 0 aliphatic rings. The number of rotatable bonds is 8. The van der Waals surface area contributed by atoms with E-state index in [9.17, 15) is 4.79 Å². The molecule has 0 amide bonds. The van der Waals surface area contributed by atoms with Gasteiger partial charge in [0.1, 0.15) is 0 Å². The third-order valence-corrected chi connectivity index (χ3v) is 1.27. The number of carboxylic acid groups (broad SMARTS) is 1. The van der Waals surface area contributed by atoms with Crippen LogP contribution in [-0.4, -0.2) is 37.5 Å². The minimum absolute atomic E-state index is 0.539. The molecule has 0 aromatic rings. The lowest BCUT2D eigenvalue weighted by Gasteiger charge is -2.01. The molecule has 0 aromatic carbocycles. The van der Waals surface area contributed by atoms with Crippen molar-refractivity contribution in [2.45, 2.75) is 13.3 Å². The summed E-state index contributed by atoms with van der Waals surface area (Å²) in [5.74, 6) is -0.922. The van der Waals surface area contributed by atoms with Gasteiger partial charge in [0.05, 0.1) is 19.8 Å². The maximum atomic E-state index is 10.0. The van der Waals surface area contributed by atoms with Crippen molar-refractivity contribution in [3.8, 4) is 0 Å². The van der Waals surface area contributed by atoms with Crippen LogP contribution in [0.5, 0.6) is 0 Å². The van der Waals surface area contributed by atoms with Crippen LogP contribution < -0.4 is 0 Å². The van der Waals surface area contributed by atoms with E-state index in [-0.39, 0.29) is 0 Å². The van der Waals surface area contributed by atoms with E-state index >= 15 is 0 Å². The Bertz CT molecular complexity index is 154. The number of carboxylic acids is 1. The second-order valence-corrected chi connectivity index (χ2v) is 2.34. The van der Waals surface area contributed by atoms with Gasteiger partial charge in [-0.15, -0.1) is 0 Å². The van der Waals surface area contributed by atoms with Crippen molar-refractivity contribution in [2.75, 3.05) is 26.4 Å². The predicted octanol–water partition coefficient (Wildman–Crippen LogP) is 1.07. The van der Waals surface area contributed by atoms with Crippen LogP contribution in [0.4, 0.5) is 0 Å². The maximum absolute atomic E-state index is 10.0. The molecule has 0 aliphatic heterocycles. The molecule has 76 valence electrons. The van der Waals surface area contributed by atoms with E-state index in [4.69, 9.17) is 14.6 Å². The van der Waals surface area contributed by atoms with Gasteiger partial charge in [0.15, 0.2) is 0 Å². The first kappa shape index (κ1) is 12.1. The number of aliphatic carboxylic acids is 1. The average molecular weight is 188 g/mol. The van der Waals surface area contributed by atoms with Crippen LogP contribution in [0.3, 0.4) is 0 Å². The highest BCUT2D eigenvalue weighted by atomic mass is 16.5. The first-order chi connectivity index (χ1) is 6.27. The summed E-state index contributed by atoms with van der Waals surface area (Å²) in [6.07, 6.45) is 3.31. The summed E-state index contributed by atoms with van der Waals surface area (Å²) in [5, 5.41) is 8.24. The van der Waals surface area contributed by atoms with Gasteiger partial charge in [0.25, 0.3) is 0 Å². The minimum Gasteiger partial charge on any atom is -0.478 e. The standard InChI is InChI=1S/C9H16O4/c1-2-12-7-8-13-6-4-3-5-9(10)11/h3,5H,2,4,6-8H2,1H3,(H,10,11). The van der Waals surface area contributed by atoms with Crippen molar-refractivity contribution < 1.29 is 19.4 Å². The molecule has 0 fully saturated rings. The topological polar surface area (TPSA) is 55.8 Å². The zero-order chi connectivity index (χ0) is 9.94. The number of hydrogen-bond donors (Lipinski definition) is 1. The summed E-state index contributed by atoms with van der Waals surface area (Å²) in [4.78, 5) is 10.0. The molecular weight excluding hydrogens is 172 g/mol. The van der Waals surface area contributed by atoms with Gasteiger partial charge in [0.2, 0.25) is 0 Å². The average Bonchev–Trinajstić information content (AvgIpc) is 2.09. The molecule has 0 radical (unpaired) electrons. The van der Waals surface area contributed by atoms with E-state index in [1.54, 1.807) is 6.08 Å². The Kier molecular flexibility index (Phi) is 8.60. The van der Waals surface area contributed by atoms with Gasteiger partial charge in [-0.25, -0.2) is 4.79 Å². The fourth-order valence-corrected chi connectivity index (χ4v) is 0.700. The van der Waals surface area contributed by atoms with Crippen LogP contribution in [0.1, 0.15) is 13.3 Å². The van der Waals surface area contributed by atoms with Gasteiger partial charge in [-0.3, -0.25) is 0 Å². The Labute approximate surface area is 78.2 Å². The Balaban J connectivity index is 3.03. The molecule has 0 unspecified atom stereocenters. The van der Waals surface area contributed by atoms with Crippen molar-refractivity contribution in [3.63, 3.8) is 0 Å². The highest BCUT2D eigenvalue weighted by molar-refractivity contribution is 5.79. The SMILES string of the molecule is CCOCCOCCC=CC(=O)O. The van der Waals surface area contributed by atoms with Crippen LogP contribution in [0.15, 0.2) is 12.2 Å². The molecule has 1 N–H and O–H groups in total. The molecule has 0 saturated carbocycles. The normalized spacial score (nSPS) is 10.8. The lowest BCUT2D eigenvalue weighted by Crippen LogP contribution is -2.04. The van der Waals surface area contributed by atoms with E-state index in [1.807, 2.05) is 6.92 Å². The molecule has 0 heterocycles. The van der Waals surface area contributed by atoms with E-state index in [2.05, 4.69) is 0 Å². The molecular formula is C9H16O4. The van der Waals surface area contributed by atoms with Crippen LogP contribution in [0.2, 0.25) is 0 Å². The monoisotopic (exact) mass is 188 g/mol. The Morgan fingerprint density at radius 1 is 1.31 bits per heavy atom. The molecule has 0 aliphatic carbocycles. The summed E-state index contributed by atoms with van der Waals surface area (Å²) in [6.45, 7) is 4.32. The van der Waals surface area contributed by atoms with E-state index in [0.717, 1.165) is 6.08 Å². The molecule has 4 heteroatoms. The first-order valence-electron chi connectivity index (χ1n) is 4.32. The number of hydrogen-bond acceptors (Lipinski definition) is 3. The van der Waals surface area contributed by atoms with Gasteiger partial charge in [-0.2, -0.15) is 0 Å². The van der Waals surface area contributed by atoms with Gasteiger partial charge in [0, 0.05) is 12.7 Å². The van der Waals surface area contributed by atoms with Crippen molar-refractivity contribution in [2.24, 2.45) is 0 Å². The number of carbonyl (C=O) groups is 1. The fourth-order valence-electron chi connectivity index (χ4n) is 0.700. The van der Waals surface area contributed by atoms with Crippen LogP contribution in [0.25, 0.3) is 0 Å². The van der Waals surface area contributed by atoms with Crippen molar-refractivity contribution in [1.29, 1.82) is 0 Å². The second-order valence-electron chi connectivity index (χ2n) is 2.34. The third kappa shape index (κ3) is 11.1. The molecule has 0 saturated heterocycles. The molecule has 0 spiro atoms. The van der Waals surface area contributed by atoms with Crippen LogP contribution >= 0.6 is 0 Å². The summed E-state index contributed by atoms with van der Waals surface area (Å²) in [6, 6.07) is 0. The predicted molar refractivity (Wildman–Crippen MR) is 48.7 cm³/mol. The van der Waals surface area contributed by atoms with E-state index in [0.29, 0.717) is 32.8 Å². The van der Waals surface area contributed by atoms with Gasteiger partial charge >= 0.3 is 5.97 Å². The van der Waals surface area contributed by atoms with Crippen molar-refractivity contribution >= 4 is 5.97 Å². The van der Waals surface area contributed by atoms with Crippen LogP contribution in [0, 0.1) is 0 Å². The highest BCUT2D eigenvalue weighted by Gasteiger charge is 1.88. The molecule has 0 aromatic heterocycles. The summed E-state index contributed by atoms with van der Waals surface area (Å²) in [7, 11) is 0. The minimum atomic E-state index is -0.922. The van der Waals surface area contributed by atoms with Gasteiger partial charge in [-0.05, 0) is 13.3 Å². The molecule has 0 bridgehead atoms. The van der Waals surface area contributed by atoms with Crippen molar-refractivity contribution in [1.82, 2.24) is 0 Å². The Morgan fingerprint density at radius 2 is 2.00 bits per heavy atom. The Hall–Kier alpha value is -0.870. The lowest BCUT2D eigenvalue weighted by atomic mass is 10.4. The third-order valence-electron chi connectivity index (χ3n) is 1.27. The quantitative estimate of drug-likeness (QED) is 0.457. The van der Waals surface area contributed by atoms with Crippen molar-refractivity contribution in [3.05, 3.63) is 12.2 Å². The zero-order valence-electron chi connectivity index (χ0n) is 7.86. The number of ether oxygens (including phenoxy) is 2. The fraction of sp³-hybridized carbons (Fsp3) is 0.667. The summed E-state index contributed by atoms with van der Waals surface area (Å²) in [5.41, 5.74) is 0. The second kappa shape index (κ2) is 9.22. The van der Waals surface area contributed by atoms with E-state index in [1.165, 1.54) is 0 Å². The summed E-state index contributed by atoms with van der Waals surface area (Å²) >= 11 is 0. The lowest BCUT2D eigenvalue weighted by molar-refractivity contribution is -0.131. The molecule has 0 rings (SSSR count). The van der Waals surface area contributed by atoms with Crippen LogP contribution in [-0.2, 0) is 14.3 Å². The molecule has 0 atom stereocenters. The first-order valence-corrected chi connectivity index (χ1v) is 4.32. The highest BCUT2D eigenvalue weighted by Crippen LogP contribution is 1.86. The Morgan fingerprint density at radius 3 is 2.62 bits per heavy atom. The van der Waals surface area contributed by atoms with Gasteiger partial charge < -0.3 is 14.6 Å². The molecule has 4 nitrogen and oxygen atoms in total. The van der Waals surface area contributed by atoms with Gasteiger partial charge in [-0.1, -0.05) is 6.08 Å². The molecule has 13 heavy (non-hydrogen) atoms. The smallest absolute Gasteiger partial charge is 0.327 e. The zero-order valence-corrected chi connectivity index (χ0v) is 7.86.